The van der Waals surface area contributed by atoms with Gasteiger partial charge in [0.15, 0.2) is 16.8 Å². The molecule has 1 unspecified atom stereocenters. The van der Waals surface area contributed by atoms with Crippen LogP contribution in [-0.2, 0) is 11.0 Å². The van der Waals surface area contributed by atoms with Gasteiger partial charge >= 0.3 is 0 Å². The van der Waals surface area contributed by atoms with Gasteiger partial charge in [-0.05, 0) is 50.4 Å². The van der Waals surface area contributed by atoms with Crippen molar-refractivity contribution in [1.82, 2.24) is 10.3 Å². The van der Waals surface area contributed by atoms with Crippen LogP contribution >= 0.6 is 11.6 Å². The summed E-state index contributed by atoms with van der Waals surface area (Å²) < 4.78 is 57.8. The van der Waals surface area contributed by atoms with Gasteiger partial charge in [-0.25, -0.2) is 18.0 Å². The van der Waals surface area contributed by atoms with Gasteiger partial charge in [-0.15, -0.1) is 0 Å². The third-order valence-corrected chi connectivity index (χ3v) is 7.05. The van der Waals surface area contributed by atoms with Gasteiger partial charge in [0.05, 0.1) is 5.69 Å². The first kappa shape index (κ1) is 23.8. The topological polar surface area (TPSA) is 57.3 Å². The Bertz CT molecular complexity index is 964. The fourth-order valence-corrected chi connectivity index (χ4v) is 5.10. The van der Waals surface area contributed by atoms with E-state index in [0.717, 1.165) is 44.4 Å². The highest BCUT2D eigenvalue weighted by Crippen LogP contribution is 2.41. The molecule has 1 aliphatic rings. The number of hydrogen-bond acceptors (Lipinski definition) is 4. The molecule has 31 heavy (non-hydrogen) atoms. The maximum Gasteiger partial charge on any atom is 0.214 e. The van der Waals surface area contributed by atoms with Crippen molar-refractivity contribution >= 4 is 34.1 Å². The Morgan fingerprint density at radius 1 is 1.29 bits per heavy atom. The van der Waals surface area contributed by atoms with Crippen molar-refractivity contribution in [2.45, 2.75) is 37.5 Å². The molecule has 2 aromatic rings. The zero-order valence-electron chi connectivity index (χ0n) is 17.5. The highest BCUT2D eigenvalue weighted by atomic mass is 35.5. The maximum absolute atomic E-state index is 15.0. The first-order valence-electron chi connectivity index (χ1n) is 10.1. The van der Waals surface area contributed by atoms with Crippen LogP contribution in [0, 0.1) is 23.0 Å². The number of hydrogen-bond donors (Lipinski definition) is 2. The number of benzene rings is 1. The lowest BCUT2D eigenvalue weighted by Crippen LogP contribution is -2.26. The van der Waals surface area contributed by atoms with Gasteiger partial charge in [0.25, 0.3) is 0 Å². The number of nitrogens with one attached hydrogen (secondary N) is 2. The molecule has 1 aliphatic heterocycles. The summed E-state index contributed by atoms with van der Waals surface area (Å²) in [6.07, 6.45) is 4.05. The van der Waals surface area contributed by atoms with E-state index < -0.39 is 33.5 Å². The third-order valence-electron chi connectivity index (χ3n) is 5.55. The Morgan fingerprint density at radius 3 is 2.77 bits per heavy atom. The molecule has 10 heteroatoms. The predicted molar refractivity (Wildman–Crippen MR) is 118 cm³/mol. The molecule has 0 bridgehead atoms. The zero-order valence-corrected chi connectivity index (χ0v) is 19.1. The van der Waals surface area contributed by atoms with E-state index in [-0.39, 0.29) is 21.9 Å². The Morgan fingerprint density at radius 2 is 2.06 bits per heavy atom. The van der Waals surface area contributed by atoms with Crippen LogP contribution in [0.5, 0.6) is 0 Å². The average Bonchev–Trinajstić information content (AvgIpc) is 3.10. The van der Waals surface area contributed by atoms with Gasteiger partial charge in [0, 0.05) is 19.2 Å². The van der Waals surface area contributed by atoms with Crippen molar-refractivity contribution < 1.29 is 17.4 Å². The lowest BCUT2D eigenvalue weighted by Gasteiger charge is -2.26. The van der Waals surface area contributed by atoms with Gasteiger partial charge in [0.2, 0.25) is 5.95 Å². The lowest BCUT2D eigenvalue weighted by atomic mass is 9.84. The third kappa shape index (κ3) is 5.70. The van der Waals surface area contributed by atoms with E-state index in [2.05, 4.69) is 21.9 Å². The van der Waals surface area contributed by atoms with Crippen LogP contribution in [0.1, 0.15) is 32.6 Å². The molecular formula is C21H26ClF3N4OS. The van der Waals surface area contributed by atoms with Crippen molar-refractivity contribution in [2.24, 2.45) is 5.41 Å². The molecule has 0 saturated carbocycles. The molecule has 0 aliphatic carbocycles. The van der Waals surface area contributed by atoms with Crippen molar-refractivity contribution in [3.05, 3.63) is 46.9 Å². The summed E-state index contributed by atoms with van der Waals surface area (Å²) in [7, 11) is -0.424. The molecule has 3 rings (SSSR count). The fraction of sp³-hybridized carbons (Fsp3) is 0.476. The largest absolute Gasteiger partial charge is 0.370 e. The van der Waals surface area contributed by atoms with Crippen molar-refractivity contribution in [1.29, 1.82) is 0 Å². The molecule has 2 atom stereocenters. The van der Waals surface area contributed by atoms with Gasteiger partial charge in [0.1, 0.15) is 21.6 Å². The van der Waals surface area contributed by atoms with Gasteiger partial charge in [-0.2, -0.15) is 4.39 Å². The van der Waals surface area contributed by atoms with E-state index in [4.69, 9.17) is 11.6 Å². The monoisotopic (exact) mass is 474 g/mol. The number of halogens is 4. The Labute approximate surface area is 188 Å². The minimum atomic E-state index is -2.35. The summed E-state index contributed by atoms with van der Waals surface area (Å²) in [6, 6.07) is 4.90. The highest BCUT2D eigenvalue weighted by molar-refractivity contribution is 7.86. The number of nitrogens with zero attached hydrogens (tertiary/aromatic N) is 2. The first-order valence-corrected chi connectivity index (χ1v) is 11.6. The van der Waals surface area contributed by atoms with E-state index in [9.17, 15) is 17.4 Å². The molecule has 1 fully saturated rings. The smallest absolute Gasteiger partial charge is 0.214 e. The van der Waals surface area contributed by atoms with E-state index in [1.165, 1.54) is 12.1 Å². The van der Waals surface area contributed by atoms with Gasteiger partial charge < -0.3 is 10.2 Å². The molecule has 0 spiro atoms. The second-order valence-corrected chi connectivity index (χ2v) is 9.62. The quantitative estimate of drug-likeness (QED) is 0.308. The lowest BCUT2D eigenvalue weighted by molar-refractivity contribution is 0.324. The highest BCUT2D eigenvalue weighted by Gasteiger charge is 2.35. The number of aromatic nitrogens is 1. The summed E-state index contributed by atoms with van der Waals surface area (Å²) in [5.41, 5.74) is 0.288. The predicted octanol–water partition coefficient (Wildman–Crippen LogP) is 4.89. The van der Waals surface area contributed by atoms with Crippen molar-refractivity contribution in [2.75, 3.05) is 36.3 Å². The number of rotatable bonds is 9. The van der Waals surface area contributed by atoms with Crippen LogP contribution in [0.15, 0.2) is 29.2 Å². The van der Waals surface area contributed by atoms with Crippen LogP contribution in [0.25, 0.3) is 0 Å². The number of anilines is 2. The molecule has 1 aromatic carbocycles. The first-order chi connectivity index (χ1) is 14.7. The minimum absolute atomic E-state index is 0.0378. The minimum Gasteiger partial charge on any atom is -0.370 e. The molecule has 170 valence electrons. The van der Waals surface area contributed by atoms with E-state index in [1.54, 1.807) is 0 Å². The molecule has 0 radical (unpaired) electrons. The maximum atomic E-state index is 15.0. The van der Waals surface area contributed by atoms with E-state index in [0.29, 0.717) is 13.1 Å². The molecular weight excluding hydrogens is 449 g/mol. The normalized spacial score (nSPS) is 19.6. The molecule has 2 N–H and O–H groups in total. The summed E-state index contributed by atoms with van der Waals surface area (Å²) in [4.78, 5) is 4.65. The molecule has 0 amide bonds. The molecule has 1 saturated heterocycles. The zero-order chi connectivity index (χ0) is 22.6. The average molecular weight is 475 g/mol. The summed E-state index contributed by atoms with van der Waals surface area (Å²) in [6.45, 7) is 4.40. The van der Waals surface area contributed by atoms with E-state index >= 15 is 0 Å². The Balaban J connectivity index is 1.76. The number of pyridine rings is 1. The SMILES string of the molecule is CNCCCC[C@]1(C)CCN(c2cc(F)c(S(=O)Nc3cccc(F)n3)c(F)c2Cl)C1. The van der Waals surface area contributed by atoms with Crippen molar-refractivity contribution in [3.63, 3.8) is 0 Å². The standard InChI is InChI=1S/C21H26ClF3N4OS/c1-21(8-3-4-10-26-2)9-11-29(13-21)15-12-14(23)20(19(25)18(15)22)31(30)28-17-7-5-6-16(24)27-17/h5-7,12,26H,3-4,8-11,13H2,1-2H3,(H,27,28)/t21-,31?/m1/s1. The molecule has 5 nitrogen and oxygen atoms in total. The second-order valence-electron chi connectivity index (χ2n) is 8.09. The Hall–Kier alpha value is -1.84. The number of unbranched alkanes of at least 4 members (excludes halogenated alkanes) is 1. The molecule has 1 aromatic heterocycles. The van der Waals surface area contributed by atoms with Gasteiger partial charge in [-0.3, -0.25) is 4.72 Å². The summed E-state index contributed by atoms with van der Waals surface area (Å²) in [5.74, 6) is -2.99. The van der Waals surface area contributed by atoms with Crippen molar-refractivity contribution in [3.8, 4) is 0 Å². The van der Waals surface area contributed by atoms with E-state index in [1.807, 2.05) is 11.9 Å². The summed E-state index contributed by atoms with van der Waals surface area (Å²) in [5, 5.41) is 2.85. The van der Waals surface area contributed by atoms with Crippen LogP contribution in [-0.4, -0.2) is 35.9 Å². The van der Waals surface area contributed by atoms with Gasteiger partial charge in [-0.1, -0.05) is 31.0 Å². The summed E-state index contributed by atoms with van der Waals surface area (Å²) >= 11 is 6.23. The fourth-order valence-electron chi connectivity index (χ4n) is 3.86. The van der Waals surface area contributed by atoms with Crippen LogP contribution in [0.4, 0.5) is 24.7 Å². The van der Waals surface area contributed by atoms with Crippen LogP contribution in [0.3, 0.4) is 0 Å². The Kier molecular flexibility index (Phi) is 7.82. The second kappa shape index (κ2) is 10.2. The van der Waals surface area contributed by atoms with Crippen LogP contribution < -0.4 is 14.9 Å². The molecule has 2 heterocycles. The van der Waals surface area contributed by atoms with Crippen LogP contribution in [0.2, 0.25) is 5.02 Å².